The second-order valence-corrected chi connectivity index (χ2v) is 6.14. The van der Waals surface area contributed by atoms with E-state index in [4.69, 9.17) is 0 Å². The van der Waals surface area contributed by atoms with Gasteiger partial charge in [0.1, 0.15) is 0 Å². The van der Waals surface area contributed by atoms with Crippen LogP contribution in [0, 0.1) is 0 Å². The summed E-state index contributed by atoms with van der Waals surface area (Å²) in [5.41, 5.74) is -8.90. The van der Waals surface area contributed by atoms with E-state index in [2.05, 4.69) is 0 Å². The molecular formula is C6H8F6N2O6S2. The highest BCUT2D eigenvalue weighted by Crippen LogP contribution is 2.44. The van der Waals surface area contributed by atoms with Crippen molar-refractivity contribution in [3.63, 3.8) is 0 Å². The molecule has 1 heterocycles. The second kappa shape index (κ2) is 5.45. The van der Waals surface area contributed by atoms with Gasteiger partial charge in [-0.2, -0.15) is 35.0 Å². The zero-order chi connectivity index (χ0) is 17.7. The van der Waals surface area contributed by atoms with E-state index >= 15 is 0 Å². The molecular weight excluding hydrogens is 374 g/mol. The predicted octanol–water partition coefficient (Wildman–Crippen LogP) is -1.84. The molecule has 1 saturated heterocycles. The third-order valence-corrected chi connectivity index (χ3v) is 4.63. The third kappa shape index (κ3) is 2.90. The Morgan fingerprint density at radius 2 is 0.955 bits per heavy atom. The first-order chi connectivity index (χ1) is 9.58. The zero-order valence-corrected chi connectivity index (χ0v) is 11.8. The number of piperazine rings is 1. The molecule has 22 heavy (non-hydrogen) atoms. The molecule has 0 saturated carbocycles. The number of rotatable bonds is 2. The van der Waals surface area contributed by atoms with Gasteiger partial charge in [-0.05, 0) is 0 Å². The van der Waals surface area contributed by atoms with E-state index in [0.717, 1.165) is 0 Å². The second-order valence-electron chi connectivity index (χ2n) is 4.22. The Balaban J connectivity index is 3.56. The van der Waals surface area contributed by atoms with E-state index in [1.54, 1.807) is 0 Å². The molecule has 0 aromatic heterocycles. The minimum absolute atomic E-state index is 1.08. The lowest BCUT2D eigenvalue weighted by Crippen LogP contribution is -2.78. The molecule has 2 N–H and O–H groups in total. The summed E-state index contributed by atoms with van der Waals surface area (Å²) in [6.07, 6.45) is -11.6. The van der Waals surface area contributed by atoms with Gasteiger partial charge >= 0.3 is 12.4 Å². The molecule has 1 rings (SSSR count). The molecule has 1 aliphatic heterocycles. The smallest absolute Gasteiger partial charge is 0.366 e. The Morgan fingerprint density at radius 3 is 1.09 bits per heavy atom. The number of thiol groups is 2. The highest BCUT2D eigenvalue weighted by molar-refractivity contribution is 7.70. The van der Waals surface area contributed by atoms with Crippen LogP contribution in [-0.4, -0.2) is 72.6 Å². The molecule has 0 unspecified atom stereocenters. The summed E-state index contributed by atoms with van der Waals surface area (Å²) in [7, 11) is -8.87. The van der Waals surface area contributed by atoms with E-state index in [1.807, 2.05) is 0 Å². The van der Waals surface area contributed by atoms with Gasteiger partial charge in [0.25, 0.3) is 0 Å². The van der Waals surface area contributed by atoms with Crippen molar-refractivity contribution in [1.82, 2.24) is 8.61 Å². The molecule has 16 heteroatoms. The van der Waals surface area contributed by atoms with Gasteiger partial charge < -0.3 is 10.2 Å². The van der Waals surface area contributed by atoms with Gasteiger partial charge in [-0.3, -0.25) is 0 Å². The molecule has 0 bridgehead atoms. The Kier molecular flexibility index (Phi) is 4.79. The quantitative estimate of drug-likeness (QED) is 0.330. The summed E-state index contributed by atoms with van der Waals surface area (Å²) in [5.74, 6) is 0. The molecule has 1 fully saturated rings. The van der Waals surface area contributed by atoms with Crippen LogP contribution in [-0.2, 0) is 21.8 Å². The molecule has 0 spiro atoms. The normalized spacial score (nSPS) is 32.8. The van der Waals surface area contributed by atoms with Gasteiger partial charge in [-0.25, -0.2) is 16.8 Å². The molecule has 2 atom stereocenters. The number of aliphatic hydroxyl groups is 2. The van der Waals surface area contributed by atoms with E-state index in [9.17, 15) is 53.4 Å². The summed E-state index contributed by atoms with van der Waals surface area (Å²) in [5, 5.41) is 18.8. The number of alkyl halides is 6. The number of hydrogen-bond donors (Lipinski definition) is 4. The lowest BCUT2D eigenvalue weighted by molar-refractivity contribution is -0.367. The minimum Gasteiger partial charge on any atom is -0.366 e. The summed E-state index contributed by atoms with van der Waals surface area (Å²) in [6, 6.07) is 0. The predicted molar refractivity (Wildman–Crippen MR) is 56.1 cm³/mol. The molecule has 0 amide bonds. The summed E-state index contributed by atoms with van der Waals surface area (Å²) < 4.78 is 118. The molecule has 0 aliphatic carbocycles. The SMILES string of the molecule is O=[SH](=O)N1C[C@@](O)(C(F)(F)F)N([SH](=O)=O)C[C@@]1(O)C(F)(F)F. The lowest BCUT2D eigenvalue weighted by Gasteiger charge is -2.50. The molecule has 8 nitrogen and oxygen atoms in total. The molecule has 132 valence electrons. The summed E-state index contributed by atoms with van der Waals surface area (Å²) in [4.78, 5) is 0. The van der Waals surface area contributed by atoms with Crippen molar-refractivity contribution >= 4 is 21.8 Å². The fraction of sp³-hybridized carbons (Fsp3) is 1.00. The van der Waals surface area contributed by atoms with Crippen molar-refractivity contribution in [1.29, 1.82) is 0 Å². The maximum absolute atomic E-state index is 12.8. The first-order valence-electron chi connectivity index (χ1n) is 5.00. The lowest BCUT2D eigenvalue weighted by atomic mass is 10.1. The first kappa shape index (κ1) is 19.4. The number of β-amino-alcohol motifs (C(OH)–C–C–N with tert-alkyl or cyclic N) is 2. The van der Waals surface area contributed by atoms with Crippen LogP contribution in [0.5, 0.6) is 0 Å². The van der Waals surface area contributed by atoms with Gasteiger partial charge in [-0.15, -0.1) is 0 Å². The van der Waals surface area contributed by atoms with Crippen LogP contribution in [0.1, 0.15) is 0 Å². The van der Waals surface area contributed by atoms with Crippen molar-refractivity contribution in [2.24, 2.45) is 0 Å². The summed E-state index contributed by atoms with van der Waals surface area (Å²) in [6.45, 7) is -4.76. The van der Waals surface area contributed by atoms with Gasteiger partial charge in [0.2, 0.25) is 33.2 Å². The molecule has 0 aromatic rings. The Labute approximate surface area is 121 Å². The van der Waals surface area contributed by atoms with Crippen molar-refractivity contribution in [3.8, 4) is 0 Å². The fourth-order valence-electron chi connectivity index (χ4n) is 1.70. The van der Waals surface area contributed by atoms with Crippen LogP contribution in [0.15, 0.2) is 0 Å². The topological polar surface area (TPSA) is 115 Å². The number of halogens is 6. The van der Waals surface area contributed by atoms with E-state index in [1.165, 1.54) is 0 Å². The maximum atomic E-state index is 12.8. The zero-order valence-electron chi connectivity index (χ0n) is 10.00. The Hall–Kier alpha value is -0.680. The van der Waals surface area contributed by atoms with Crippen LogP contribution in [0.2, 0.25) is 0 Å². The Morgan fingerprint density at radius 1 is 0.727 bits per heavy atom. The van der Waals surface area contributed by atoms with Crippen LogP contribution < -0.4 is 0 Å². The summed E-state index contributed by atoms with van der Waals surface area (Å²) >= 11 is 0. The van der Waals surface area contributed by atoms with Crippen LogP contribution >= 0.6 is 0 Å². The van der Waals surface area contributed by atoms with Crippen molar-refractivity contribution in [2.75, 3.05) is 13.1 Å². The van der Waals surface area contributed by atoms with E-state index in [-0.39, 0.29) is 0 Å². The Bertz CT molecular complexity index is 533. The molecule has 0 radical (unpaired) electrons. The van der Waals surface area contributed by atoms with Gasteiger partial charge in [0.05, 0.1) is 13.1 Å². The van der Waals surface area contributed by atoms with Crippen molar-refractivity contribution in [2.45, 2.75) is 23.8 Å². The number of nitrogens with zero attached hydrogens (tertiary/aromatic N) is 2. The number of hydrogen-bond acceptors (Lipinski definition) is 6. The molecule has 1 aliphatic rings. The van der Waals surface area contributed by atoms with Crippen LogP contribution in [0.25, 0.3) is 0 Å². The van der Waals surface area contributed by atoms with Crippen molar-refractivity contribution in [3.05, 3.63) is 0 Å². The molecule has 0 aromatic carbocycles. The van der Waals surface area contributed by atoms with Gasteiger partial charge in [0, 0.05) is 0 Å². The average Bonchev–Trinajstić information content (AvgIpc) is 2.28. The van der Waals surface area contributed by atoms with Crippen LogP contribution in [0.3, 0.4) is 0 Å². The minimum atomic E-state index is -5.82. The average molecular weight is 382 g/mol. The monoisotopic (exact) mass is 382 g/mol. The van der Waals surface area contributed by atoms with Crippen molar-refractivity contribution < 1.29 is 53.4 Å². The largest absolute Gasteiger partial charge is 0.433 e. The standard InChI is InChI=1S/C6H8F6N2O6S2/c7-5(8,9)3(15)1-13(21(17)18)4(16,6(10,11)12)2-14(3)22(19)20/h15-16,21-22H,1-2H2/t3-,4-/m1/s1. The van der Waals surface area contributed by atoms with Crippen LogP contribution in [0.4, 0.5) is 26.3 Å². The third-order valence-electron chi connectivity index (χ3n) is 2.90. The van der Waals surface area contributed by atoms with Gasteiger partial charge in [-0.1, -0.05) is 0 Å². The van der Waals surface area contributed by atoms with E-state index < -0.39 is 67.3 Å². The maximum Gasteiger partial charge on any atom is 0.433 e. The van der Waals surface area contributed by atoms with Gasteiger partial charge in [0.15, 0.2) is 0 Å². The highest BCUT2D eigenvalue weighted by atomic mass is 32.2. The highest BCUT2D eigenvalue weighted by Gasteiger charge is 2.72. The fourth-order valence-corrected chi connectivity index (χ4v) is 3.22. The van der Waals surface area contributed by atoms with E-state index in [0.29, 0.717) is 0 Å². The first-order valence-corrected chi connectivity index (χ1v) is 7.26.